The first-order chi connectivity index (χ1) is 20.3. The Morgan fingerprint density at radius 3 is 0.976 bits per heavy atom. The molecule has 0 saturated carbocycles. The molecule has 0 aliphatic rings. The molecule has 0 aliphatic carbocycles. The summed E-state index contributed by atoms with van der Waals surface area (Å²) in [6.07, 6.45) is 1.05. The number of fused-ring (bicyclic) bond motifs is 6. The lowest BCUT2D eigenvalue weighted by atomic mass is 9.89. The number of rotatable bonds is 5. The molecule has 2 heteroatoms. The minimum atomic E-state index is 0.342. The van der Waals surface area contributed by atoms with E-state index in [0.29, 0.717) is 5.92 Å². The Labute approximate surface area is 239 Å². The highest BCUT2D eigenvalue weighted by Crippen LogP contribution is 2.35. The van der Waals surface area contributed by atoms with Gasteiger partial charge in [-0.25, -0.2) is 0 Å². The highest BCUT2D eigenvalue weighted by Gasteiger charge is 2.16. The van der Waals surface area contributed by atoms with Crippen molar-refractivity contribution in [3.63, 3.8) is 0 Å². The average Bonchev–Trinajstić information content (AvgIpc) is 3.56. The maximum Gasteiger partial charge on any atom is 0.0541 e. The number of para-hydroxylation sites is 4. The van der Waals surface area contributed by atoms with Crippen LogP contribution in [0.4, 0.5) is 0 Å². The van der Waals surface area contributed by atoms with Crippen molar-refractivity contribution in [2.24, 2.45) is 0 Å². The summed E-state index contributed by atoms with van der Waals surface area (Å²) in [6, 6.07) is 53.1. The molecule has 0 N–H and O–H groups in total. The van der Waals surface area contributed by atoms with Gasteiger partial charge in [-0.3, -0.25) is 0 Å². The van der Waals surface area contributed by atoms with Gasteiger partial charge in [0.25, 0.3) is 0 Å². The molecule has 0 amide bonds. The first-order valence-corrected chi connectivity index (χ1v) is 14.5. The standard InChI is InChI=1S/C39H30N2/c1-2-31(27-19-23-29(24-20-27)40-36-15-7-3-11-32(36)33-12-4-8-16-37(33)40)28-21-25-30(26-22-28)41-38-17-9-5-13-34(38)35-14-6-10-18-39(35)41/h3-26,31H,2H2,1H3. The second kappa shape index (κ2) is 9.53. The second-order valence-corrected chi connectivity index (χ2v) is 10.9. The maximum atomic E-state index is 2.38. The van der Waals surface area contributed by atoms with Crippen LogP contribution in [0.1, 0.15) is 30.4 Å². The van der Waals surface area contributed by atoms with Crippen LogP contribution in [0.25, 0.3) is 55.0 Å². The van der Waals surface area contributed by atoms with E-state index in [9.17, 15) is 0 Å². The van der Waals surface area contributed by atoms with Crippen molar-refractivity contribution >= 4 is 43.6 Å². The highest BCUT2D eigenvalue weighted by molar-refractivity contribution is 6.10. The van der Waals surface area contributed by atoms with E-state index in [1.54, 1.807) is 0 Å². The van der Waals surface area contributed by atoms with Crippen LogP contribution in [0, 0.1) is 0 Å². The Kier molecular flexibility index (Phi) is 5.53. The topological polar surface area (TPSA) is 9.86 Å². The van der Waals surface area contributed by atoms with Crippen molar-refractivity contribution in [2.75, 3.05) is 0 Å². The molecule has 8 rings (SSSR count). The number of aromatic nitrogens is 2. The van der Waals surface area contributed by atoms with E-state index in [0.717, 1.165) is 6.42 Å². The largest absolute Gasteiger partial charge is 0.309 e. The molecule has 0 fully saturated rings. The van der Waals surface area contributed by atoms with Crippen LogP contribution in [-0.2, 0) is 0 Å². The van der Waals surface area contributed by atoms with Crippen molar-refractivity contribution in [3.05, 3.63) is 157 Å². The molecule has 0 atom stereocenters. The molecule has 0 unspecified atom stereocenters. The van der Waals surface area contributed by atoms with E-state index in [1.807, 2.05) is 0 Å². The van der Waals surface area contributed by atoms with Crippen molar-refractivity contribution < 1.29 is 0 Å². The third-order valence-corrected chi connectivity index (χ3v) is 8.68. The molecule has 8 aromatic rings. The lowest BCUT2D eigenvalue weighted by molar-refractivity contribution is 0.776. The van der Waals surface area contributed by atoms with Gasteiger partial charge < -0.3 is 9.13 Å². The van der Waals surface area contributed by atoms with Gasteiger partial charge in [-0.05, 0) is 66.1 Å². The number of nitrogens with zero attached hydrogens (tertiary/aromatic N) is 2. The Bertz CT molecular complexity index is 1910. The summed E-state index contributed by atoms with van der Waals surface area (Å²) < 4.78 is 4.77. The van der Waals surface area contributed by atoms with Crippen LogP contribution in [0.3, 0.4) is 0 Å². The lowest BCUT2D eigenvalue weighted by Crippen LogP contribution is -2.02. The van der Waals surface area contributed by atoms with E-state index in [-0.39, 0.29) is 0 Å². The van der Waals surface area contributed by atoms with Crippen molar-refractivity contribution in [1.29, 1.82) is 0 Å². The fourth-order valence-corrected chi connectivity index (χ4v) is 6.78. The van der Waals surface area contributed by atoms with Gasteiger partial charge in [0.1, 0.15) is 0 Å². The van der Waals surface area contributed by atoms with Gasteiger partial charge >= 0.3 is 0 Å². The van der Waals surface area contributed by atoms with Gasteiger partial charge in [0, 0.05) is 38.8 Å². The number of benzene rings is 6. The molecule has 6 aromatic carbocycles. The Morgan fingerprint density at radius 1 is 0.390 bits per heavy atom. The Hall–Kier alpha value is -5.08. The third kappa shape index (κ3) is 3.72. The smallest absolute Gasteiger partial charge is 0.0541 e. The maximum absolute atomic E-state index is 2.38. The fraction of sp³-hybridized carbons (Fsp3) is 0.0769. The average molecular weight is 527 g/mol. The van der Waals surface area contributed by atoms with Gasteiger partial charge in [0.2, 0.25) is 0 Å². The third-order valence-electron chi connectivity index (χ3n) is 8.68. The van der Waals surface area contributed by atoms with Crippen LogP contribution in [0.2, 0.25) is 0 Å². The first-order valence-electron chi connectivity index (χ1n) is 14.5. The summed E-state index contributed by atoms with van der Waals surface area (Å²) in [5.74, 6) is 0.342. The van der Waals surface area contributed by atoms with Gasteiger partial charge in [0.15, 0.2) is 0 Å². The molecule has 0 bridgehead atoms. The van der Waals surface area contributed by atoms with Gasteiger partial charge in [-0.2, -0.15) is 0 Å². The molecular formula is C39H30N2. The highest BCUT2D eigenvalue weighted by atomic mass is 15.0. The summed E-state index contributed by atoms with van der Waals surface area (Å²) in [6.45, 7) is 2.28. The molecule has 0 saturated heterocycles. The quantitative estimate of drug-likeness (QED) is 0.211. The van der Waals surface area contributed by atoms with Crippen LogP contribution < -0.4 is 0 Å². The summed E-state index contributed by atoms with van der Waals surface area (Å²) in [5.41, 5.74) is 10.1. The Morgan fingerprint density at radius 2 is 0.683 bits per heavy atom. The van der Waals surface area contributed by atoms with Crippen molar-refractivity contribution in [3.8, 4) is 11.4 Å². The molecule has 2 aromatic heterocycles. The molecule has 0 radical (unpaired) electrons. The molecule has 2 nitrogen and oxygen atoms in total. The molecule has 41 heavy (non-hydrogen) atoms. The number of hydrogen-bond donors (Lipinski definition) is 0. The zero-order chi connectivity index (χ0) is 27.3. The minimum absolute atomic E-state index is 0.342. The molecule has 2 heterocycles. The van der Waals surface area contributed by atoms with E-state index >= 15 is 0 Å². The fourth-order valence-electron chi connectivity index (χ4n) is 6.78. The number of hydrogen-bond acceptors (Lipinski definition) is 0. The molecule has 196 valence electrons. The second-order valence-electron chi connectivity index (χ2n) is 10.9. The Balaban J connectivity index is 1.16. The predicted octanol–water partition coefficient (Wildman–Crippen LogP) is 10.4. The molecule has 0 aliphatic heterocycles. The van der Waals surface area contributed by atoms with E-state index in [1.165, 1.54) is 66.1 Å². The summed E-state index contributed by atoms with van der Waals surface area (Å²) in [7, 11) is 0. The van der Waals surface area contributed by atoms with Crippen molar-refractivity contribution in [2.45, 2.75) is 19.3 Å². The van der Waals surface area contributed by atoms with Crippen LogP contribution in [-0.4, -0.2) is 9.13 Å². The van der Waals surface area contributed by atoms with E-state index < -0.39 is 0 Å². The zero-order valence-electron chi connectivity index (χ0n) is 23.0. The molecular weight excluding hydrogens is 496 g/mol. The summed E-state index contributed by atoms with van der Waals surface area (Å²) in [4.78, 5) is 0. The zero-order valence-corrected chi connectivity index (χ0v) is 23.0. The predicted molar refractivity (Wildman–Crippen MR) is 174 cm³/mol. The monoisotopic (exact) mass is 526 g/mol. The lowest BCUT2D eigenvalue weighted by Gasteiger charge is -2.18. The summed E-state index contributed by atoms with van der Waals surface area (Å²) >= 11 is 0. The van der Waals surface area contributed by atoms with Crippen LogP contribution >= 0.6 is 0 Å². The van der Waals surface area contributed by atoms with Crippen LogP contribution in [0.15, 0.2) is 146 Å². The van der Waals surface area contributed by atoms with Gasteiger partial charge in [-0.1, -0.05) is 104 Å². The first kappa shape index (κ1) is 23.8. The minimum Gasteiger partial charge on any atom is -0.309 e. The van der Waals surface area contributed by atoms with Crippen molar-refractivity contribution in [1.82, 2.24) is 9.13 Å². The SMILES string of the molecule is CCC(c1ccc(-n2c3ccccc3c3ccccc32)cc1)c1ccc(-n2c3ccccc3c3ccccc32)cc1. The van der Waals surface area contributed by atoms with Crippen LogP contribution in [0.5, 0.6) is 0 Å². The normalized spacial score (nSPS) is 11.9. The van der Waals surface area contributed by atoms with E-state index in [2.05, 4.69) is 162 Å². The summed E-state index contributed by atoms with van der Waals surface area (Å²) in [5, 5.41) is 5.17. The molecule has 0 spiro atoms. The van der Waals surface area contributed by atoms with Gasteiger partial charge in [0.05, 0.1) is 22.1 Å². The van der Waals surface area contributed by atoms with E-state index in [4.69, 9.17) is 0 Å². The van der Waals surface area contributed by atoms with Gasteiger partial charge in [-0.15, -0.1) is 0 Å².